The summed E-state index contributed by atoms with van der Waals surface area (Å²) in [6, 6.07) is 6.00. The molecule has 0 radical (unpaired) electrons. The van der Waals surface area contributed by atoms with Crippen molar-refractivity contribution >= 4 is 5.97 Å². The van der Waals surface area contributed by atoms with Gasteiger partial charge in [-0.15, -0.1) is 0 Å². The first-order chi connectivity index (χ1) is 8.56. The molecule has 0 bridgehead atoms. The molecular weight excluding hydrogens is 232 g/mol. The standard InChI is InChI=1S/C14H18O4/c1-9-3-5-12(10(2)7-9)17-8-11-4-6-13(18-11)14(15)16/h3,5,7,11,13H,4,6,8H2,1-2H3,(H,15,16). The third-order valence-electron chi connectivity index (χ3n) is 3.14. The third-order valence-corrected chi connectivity index (χ3v) is 3.14. The summed E-state index contributed by atoms with van der Waals surface area (Å²) in [6.07, 6.45) is 0.516. The van der Waals surface area contributed by atoms with E-state index in [-0.39, 0.29) is 6.10 Å². The minimum absolute atomic E-state index is 0.119. The fraction of sp³-hybridized carbons (Fsp3) is 0.500. The topological polar surface area (TPSA) is 55.8 Å². The van der Waals surface area contributed by atoms with Gasteiger partial charge in [-0.2, -0.15) is 0 Å². The lowest BCUT2D eigenvalue weighted by Gasteiger charge is -2.14. The minimum atomic E-state index is -0.885. The molecule has 1 aromatic rings. The largest absolute Gasteiger partial charge is 0.491 e. The van der Waals surface area contributed by atoms with Crippen molar-refractivity contribution in [3.63, 3.8) is 0 Å². The van der Waals surface area contributed by atoms with Gasteiger partial charge in [0.2, 0.25) is 0 Å². The summed E-state index contributed by atoms with van der Waals surface area (Å²) in [5, 5.41) is 8.83. The molecule has 1 saturated heterocycles. The molecular formula is C14H18O4. The summed E-state index contributed by atoms with van der Waals surface area (Å²) in [6.45, 7) is 4.44. The maximum atomic E-state index is 10.7. The van der Waals surface area contributed by atoms with Crippen LogP contribution in [0.15, 0.2) is 18.2 Å². The molecule has 2 unspecified atom stereocenters. The van der Waals surface area contributed by atoms with E-state index < -0.39 is 12.1 Å². The number of hydrogen-bond acceptors (Lipinski definition) is 3. The Morgan fingerprint density at radius 2 is 2.22 bits per heavy atom. The molecule has 1 fully saturated rings. The Morgan fingerprint density at radius 3 is 2.83 bits per heavy atom. The first-order valence-corrected chi connectivity index (χ1v) is 6.14. The van der Waals surface area contributed by atoms with Crippen LogP contribution in [0, 0.1) is 13.8 Å². The van der Waals surface area contributed by atoms with E-state index in [2.05, 4.69) is 6.07 Å². The Kier molecular flexibility index (Phi) is 3.87. The van der Waals surface area contributed by atoms with Crippen LogP contribution >= 0.6 is 0 Å². The second kappa shape index (κ2) is 5.40. The van der Waals surface area contributed by atoms with E-state index in [1.807, 2.05) is 26.0 Å². The Bertz CT molecular complexity index is 441. The van der Waals surface area contributed by atoms with Gasteiger partial charge in [-0.3, -0.25) is 0 Å². The van der Waals surface area contributed by atoms with Gasteiger partial charge in [0, 0.05) is 0 Å². The maximum Gasteiger partial charge on any atom is 0.332 e. The smallest absolute Gasteiger partial charge is 0.332 e. The summed E-state index contributed by atoms with van der Waals surface area (Å²) < 4.78 is 11.1. The van der Waals surface area contributed by atoms with Gasteiger partial charge in [0.1, 0.15) is 12.4 Å². The molecule has 4 nitrogen and oxygen atoms in total. The second-order valence-corrected chi connectivity index (χ2v) is 4.74. The van der Waals surface area contributed by atoms with Gasteiger partial charge < -0.3 is 14.6 Å². The van der Waals surface area contributed by atoms with E-state index in [1.54, 1.807) is 0 Å². The second-order valence-electron chi connectivity index (χ2n) is 4.74. The van der Waals surface area contributed by atoms with Crippen LogP contribution in [0.25, 0.3) is 0 Å². The Hall–Kier alpha value is -1.55. The van der Waals surface area contributed by atoms with Gasteiger partial charge in [0.25, 0.3) is 0 Å². The SMILES string of the molecule is Cc1ccc(OCC2CCC(C(=O)O)O2)c(C)c1. The normalized spacial score (nSPS) is 23.0. The van der Waals surface area contributed by atoms with E-state index in [1.165, 1.54) is 5.56 Å². The van der Waals surface area contributed by atoms with Crippen LogP contribution in [0.1, 0.15) is 24.0 Å². The van der Waals surface area contributed by atoms with Crippen molar-refractivity contribution in [3.8, 4) is 5.75 Å². The molecule has 1 aliphatic rings. The summed E-state index contributed by atoms with van der Waals surface area (Å²) in [7, 11) is 0. The van der Waals surface area contributed by atoms with Crippen LogP contribution < -0.4 is 4.74 Å². The number of hydrogen-bond donors (Lipinski definition) is 1. The maximum absolute atomic E-state index is 10.7. The van der Waals surface area contributed by atoms with Crippen molar-refractivity contribution in [2.75, 3.05) is 6.61 Å². The van der Waals surface area contributed by atoms with Crippen LogP contribution in [-0.4, -0.2) is 29.9 Å². The zero-order valence-electron chi connectivity index (χ0n) is 10.7. The van der Waals surface area contributed by atoms with Crippen LogP contribution in [0.5, 0.6) is 5.75 Å². The predicted molar refractivity (Wildman–Crippen MR) is 66.9 cm³/mol. The highest BCUT2D eigenvalue weighted by atomic mass is 16.6. The van der Waals surface area contributed by atoms with Gasteiger partial charge in [-0.25, -0.2) is 4.79 Å². The minimum Gasteiger partial charge on any atom is -0.491 e. The summed E-state index contributed by atoms with van der Waals surface area (Å²) in [5.41, 5.74) is 2.28. The number of carboxylic acids is 1. The van der Waals surface area contributed by atoms with Crippen molar-refractivity contribution in [1.82, 2.24) is 0 Å². The lowest BCUT2D eigenvalue weighted by molar-refractivity contribution is -0.149. The molecule has 1 heterocycles. The van der Waals surface area contributed by atoms with Crippen molar-refractivity contribution in [3.05, 3.63) is 29.3 Å². The highest BCUT2D eigenvalue weighted by Crippen LogP contribution is 2.23. The average molecular weight is 250 g/mol. The zero-order valence-corrected chi connectivity index (χ0v) is 10.7. The Balaban J connectivity index is 1.87. The van der Waals surface area contributed by atoms with Gasteiger partial charge in [0.15, 0.2) is 6.10 Å². The van der Waals surface area contributed by atoms with Gasteiger partial charge in [0.05, 0.1) is 6.10 Å². The van der Waals surface area contributed by atoms with Crippen LogP contribution in [0.3, 0.4) is 0 Å². The third kappa shape index (κ3) is 3.01. The summed E-state index contributed by atoms with van der Waals surface area (Å²) >= 11 is 0. The molecule has 0 aromatic heterocycles. The first kappa shape index (κ1) is 12.9. The average Bonchev–Trinajstić information content (AvgIpc) is 2.76. The number of ether oxygens (including phenoxy) is 2. The highest BCUT2D eigenvalue weighted by Gasteiger charge is 2.30. The lowest BCUT2D eigenvalue weighted by Crippen LogP contribution is -2.23. The van der Waals surface area contributed by atoms with E-state index >= 15 is 0 Å². The molecule has 0 amide bonds. The molecule has 1 N–H and O–H groups in total. The fourth-order valence-corrected chi connectivity index (χ4v) is 2.15. The molecule has 0 spiro atoms. The summed E-state index contributed by atoms with van der Waals surface area (Å²) in [5.74, 6) is -0.0491. The summed E-state index contributed by atoms with van der Waals surface area (Å²) in [4.78, 5) is 10.7. The Labute approximate surface area is 107 Å². The predicted octanol–water partition coefficient (Wildman–Crippen LogP) is 2.31. The number of carboxylic acid groups (broad SMARTS) is 1. The van der Waals surface area contributed by atoms with Gasteiger partial charge >= 0.3 is 5.97 Å². The van der Waals surface area contributed by atoms with Gasteiger partial charge in [-0.05, 0) is 38.3 Å². The van der Waals surface area contributed by atoms with E-state index in [4.69, 9.17) is 14.6 Å². The molecule has 2 rings (SSSR count). The van der Waals surface area contributed by atoms with E-state index in [0.717, 1.165) is 17.7 Å². The number of aryl methyl sites for hydroxylation is 2. The number of rotatable bonds is 4. The molecule has 1 aromatic carbocycles. The molecule has 2 atom stereocenters. The number of carbonyl (C=O) groups is 1. The molecule has 98 valence electrons. The molecule has 4 heteroatoms. The van der Waals surface area contributed by atoms with Crippen molar-refractivity contribution in [1.29, 1.82) is 0 Å². The van der Waals surface area contributed by atoms with Crippen molar-refractivity contribution in [2.24, 2.45) is 0 Å². The first-order valence-electron chi connectivity index (χ1n) is 6.14. The lowest BCUT2D eigenvalue weighted by atomic mass is 10.1. The van der Waals surface area contributed by atoms with Crippen molar-refractivity contribution < 1.29 is 19.4 Å². The van der Waals surface area contributed by atoms with E-state index in [0.29, 0.717) is 13.0 Å². The van der Waals surface area contributed by atoms with Crippen molar-refractivity contribution in [2.45, 2.75) is 38.9 Å². The van der Waals surface area contributed by atoms with Crippen LogP contribution in [-0.2, 0) is 9.53 Å². The quantitative estimate of drug-likeness (QED) is 0.891. The van der Waals surface area contributed by atoms with Gasteiger partial charge in [-0.1, -0.05) is 17.7 Å². The highest BCUT2D eigenvalue weighted by molar-refractivity contribution is 5.72. The monoisotopic (exact) mass is 250 g/mol. The molecule has 1 aliphatic heterocycles. The van der Waals surface area contributed by atoms with Crippen LogP contribution in [0.2, 0.25) is 0 Å². The zero-order chi connectivity index (χ0) is 13.1. The Morgan fingerprint density at radius 1 is 1.44 bits per heavy atom. The molecule has 0 aliphatic carbocycles. The van der Waals surface area contributed by atoms with Crippen LogP contribution in [0.4, 0.5) is 0 Å². The fourth-order valence-electron chi connectivity index (χ4n) is 2.15. The van der Waals surface area contributed by atoms with E-state index in [9.17, 15) is 4.79 Å². The number of aliphatic carboxylic acids is 1. The molecule has 18 heavy (non-hydrogen) atoms. The number of benzene rings is 1. The molecule has 0 saturated carbocycles.